The van der Waals surface area contributed by atoms with Crippen LogP contribution in [0, 0.1) is 5.82 Å². The van der Waals surface area contributed by atoms with Crippen LogP contribution in [0.1, 0.15) is 24.7 Å². The van der Waals surface area contributed by atoms with Crippen LogP contribution in [0.15, 0.2) is 33.9 Å². The Morgan fingerprint density at radius 1 is 1.15 bits per heavy atom. The van der Waals surface area contributed by atoms with Crippen LogP contribution in [0.3, 0.4) is 0 Å². The molecule has 0 spiro atoms. The van der Waals surface area contributed by atoms with Crippen molar-refractivity contribution in [2.45, 2.75) is 26.3 Å². The third-order valence-electron chi connectivity index (χ3n) is 4.48. The smallest absolute Gasteiger partial charge is 0.332 e. The summed E-state index contributed by atoms with van der Waals surface area (Å²) in [5.41, 5.74) is 0.509. The number of nitrogens with zero attached hydrogens (tertiary/aromatic N) is 4. The molecule has 0 atom stereocenters. The maximum Gasteiger partial charge on any atom is 0.332 e. The van der Waals surface area contributed by atoms with Gasteiger partial charge in [0.1, 0.15) is 11.6 Å². The maximum atomic E-state index is 13.6. The summed E-state index contributed by atoms with van der Waals surface area (Å²) in [6.07, 6.45) is 1.40. The number of halogens is 1. The molecule has 7 nitrogen and oxygen atoms in total. The van der Waals surface area contributed by atoms with Crippen LogP contribution in [0.2, 0.25) is 0 Å². The lowest BCUT2D eigenvalue weighted by Gasteiger charge is -2.10. The van der Waals surface area contributed by atoms with Gasteiger partial charge in [0.2, 0.25) is 0 Å². The first kappa shape index (κ1) is 19.0. The third kappa shape index (κ3) is 3.71. The Hall–Kier alpha value is -2.74. The first-order valence-corrected chi connectivity index (χ1v) is 8.91. The van der Waals surface area contributed by atoms with E-state index in [2.05, 4.69) is 4.98 Å². The predicted molar refractivity (Wildman–Crippen MR) is 101 cm³/mol. The molecular weight excluding hydrogens is 351 g/mol. The molecule has 144 valence electrons. The zero-order chi connectivity index (χ0) is 19.6. The van der Waals surface area contributed by atoms with Crippen molar-refractivity contribution in [3.8, 4) is 0 Å². The molecule has 3 rings (SSSR count). The number of aromatic nitrogens is 4. The molecule has 0 fully saturated rings. The van der Waals surface area contributed by atoms with Crippen LogP contribution in [-0.2, 0) is 31.8 Å². The lowest BCUT2D eigenvalue weighted by molar-refractivity contribution is 0.136. The molecule has 0 amide bonds. The number of hydrogen-bond acceptors (Lipinski definition) is 4. The summed E-state index contributed by atoms with van der Waals surface area (Å²) in [5.74, 6) is 0.286. The number of rotatable bonds is 7. The lowest BCUT2D eigenvalue weighted by atomic mass is 10.2. The molecule has 2 heterocycles. The zero-order valence-corrected chi connectivity index (χ0v) is 15.7. The van der Waals surface area contributed by atoms with E-state index in [0.717, 1.165) is 11.0 Å². The first-order valence-electron chi connectivity index (χ1n) is 8.91. The van der Waals surface area contributed by atoms with Crippen molar-refractivity contribution in [3.63, 3.8) is 0 Å². The highest BCUT2D eigenvalue weighted by Crippen LogP contribution is 2.15. The number of hydrogen-bond donors (Lipinski definition) is 0. The molecule has 0 N–H and O–H groups in total. The number of aryl methyl sites for hydroxylation is 1. The van der Waals surface area contributed by atoms with E-state index in [1.165, 1.54) is 23.7 Å². The average Bonchev–Trinajstić information content (AvgIpc) is 3.00. The van der Waals surface area contributed by atoms with Gasteiger partial charge in [-0.3, -0.25) is 13.9 Å². The van der Waals surface area contributed by atoms with Crippen LogP contribution in [0.25, 0.3) is 11.2 Å². The van der Waals surface area contributed by atoms with Crippen LogP contribution >= 0.6 is 0 Å². The van der Waals surface area contributed by atoms with Crippen molar-refractivity contribution in [1.29, 1.82) is 0 Å². The van der Waals surface area contributed by atoms with Gasteiger partial charge in [-0.05, 0) is 24.1 Å². The minimum Gasteiger partial charge on any atom is -0.381 e. The number of benzene rings is 1. The third-order valence-corrected chi connectivity index (χ3v) is 4.48. The van der Waals surface area contributed by atoms with Gasteiger partial charge in [-0.15, -0.1) is 0 Å². The Morgan fingerprint density at radius 3 is 2.63 bits per heavy atom. The van der Waals surface area contributed by atoms with Crippen molar-refractivity contribution in [2.24, 2.45) is 14.1 Å². The van der Waals surface area contributed by atoms with E-state index in [-0.39, 0.29) is 12.4 Å². The van der Waals surface area contributed by atoms with Crippen molar-refractivity contribution in [1.82, 2.24) is 18.7 Å². The van der Waals surface area contributed by atoms with E-state index in [0.29, 0.717) is 42.2 Å². The number of ether oxygens (including phenoxy) is 1. The maximum absolute atomic E-state index is 13.6. The average molecular weight is 374 g/mol. The van der Waals surface area contributed by atoms with Crippen LogP contribution in [0.4, 0.5) is 4.39 Å². The van der Waals surface area contributed by atoms with Crippen molar-refractivity contribution in [2.75, 3.05) is 13.2 Å². The Bertz CT molecular complexity index is 1080. The molecule has 3 aromatic rings. The topological polar surface area (TPSA) is 71.1 Å². The van der Waals surface area contributed by atoms with Crippen LogP contribution in [0.5, 0.6) is 0 Å². The van der Waals surface area contributed by atoms with Gasteiger partial charge in [0.15, 0.2) is 11.2 Å². The summed E-state index contributed by atoms with van der Waals surface area (Å²) >= 11 is 0. The SMILES string of the molecule is CCCOCCc1nc2c(c(=O)n(C)c(=O)n2C)n1Cc1cccc(F)c1. The minimum absolute atomic E-state index is 0.283. The molecular formula is C19H23FN4O3. The number of imidazole rings is 1. The van der Waals surface area contributed by atoms with E-state index >= 15 is 0 Å². The summed E-state index contributed by atoms with van der Waals surface area (Å²) in [6, 6.07) is 6.22. The first-order chi connectivity index (χ1) is 12.9. The molecule has 27 heavy (non-hydrogen) atoms. The Labute approximate surface area is 155 Å². The molecule has 0 bridgehead atoms. The fraction of sp³-hybridized carbons (Fsp3) is 0.421. The highest BCUT2D eigenvalue weighted by Gasteiger charge is 2.19. The van der Waals surface area contributed by atoms with Gasteiger partial charge in [0.25, 0.3) is 5.56 Å². The zero-order valence-electron chi connectivity index (χ0n) is 15.7. The number of fused-ring (bicyclic) bond motifs is 1. The molecule has 0 unspecified atom stereocenters. The molecule has 0 radical (unpaired) electrons. The lowest BCUT2D eigenvalue weighted by Crippen LogP contribution is -2.37. The van der Waals surface area contributed by atoms with Gasteiger partial charge in [0.05, 0.1) is 6.61 Å². The Morgan fingerprint density at radius 2 is 1.93 bits per heavy atom. The van der Waals surface area contributed by atoms with Gasteiger partial charge in [-0.2, -0.15) is 0 Å². The molecule has 0 saturated carbocycles. The Kier molecular flexibility index (Phi) is 5.55. The van der Waals surface area contributed by atoms with Crippen LogP contribution < -0.4 is 11.2 Å². The quantitative estimate of drug-likeness (QED) is 0.589. The van der Waals surface area contributed by atoms with Gasteiger partial charge in [-0.25, -0.2) is 14.2 Å². The highest BCUT2D eigenvalue weighted by atomic mass is 19.1. The van der Waals surface area contributed by atoms with Crippen molar-refractivity contribution >= 4 is 11.2 Å². The Balaban J connectivity index is 2.14. The molecule has 0 aliphatic rings. The second-order valence-electron chi connectivity index (χ2n) is 6.48. The largest absolute Gasteiger partial charge is 0.381 e. The van der Waals surface area contributed by atoms with Gasteiger partial charge in [0, 0.05) is 33.7 Å². The van der Waals surface area contributed by atoms with Gasteiger partial charge >= 0.3 is 5.69 Å². The molecule has 0 aliphatic heterocycles. The summed E-state index contributed by atoms with van der Waals surface area (Å²) in [4.78, 5) is 29.5. The summed E-state index contributed by atoms with van der Waals surface area (Å²) in [7, 11) is 3.02. The fourth-order valence-electron chi connectivity index (χ4n) is 3.08. The summed E-state index contributed by atoms with van der Waals surface area (Å²) in [5, 5.41) is 0. The predicted octanol–water partition coefficient (Wildman–Crippen LogP) is 1.59. The molecule has 0 aliphatic carbocycles. The van der Waals surface area contributed by atoms with Crippen LogP contribution in [-0.4, -0.2) is 31.9 Å². The highest BCUT2D eigenvalue weighted by molar-refractivity contribution is 5.71. The van der Waals surface area contributed by atoms with E-state index in [1.807, 2.05) is 6.92 Å². The summed E-state index contributed by atoms with van der Waals surface area (Å²) in [6.45, 7) is 3.41. The minimum atomic E-state index is -0.434. The monoisotopic (exact) mass is 374 g/mol. The van der Waals surface area contributed by atoms with Crippen molar-refractivity contribution < 1.29 is 9.13 Å². The molecule has 1 aromatic carbocycles. The fourth-order valence-corrected chi connectivity index (χ4v) is 3.08. The van der Waals surface area contributed by atoms with Gasteiger partial charge in [-0.1, -0.05) is 19.1 Å². The van der Waals surface area contributed by atoms with E-state index in [1.54, 1.807) is 23.7 Å². The molecule has 0 saturated heterocycles. The van der Waals surface area contributed by atoms with Crippen molar-refractivity contribution in [3.05, 3.63) is 62.3 Å². The molecule has 8 heteroatoms. The standard InChI is InChI=1S/C19H23FN4O3/c1-4-9-27-10-8-15-21-17-16(18(25)23(3)19(26)22(17)2)24(15)12-13-6-5-7-14(20)11-13/h5-7,11H,4,8-10,12H2,1-3H3. The van der Waals surface area contributed by atoms with E-state index in [9.17, 15) is 14.0 Å². The second kappa shape index (κ2) is 7.87. The summed E-state index contributed by atoms with van der Waals surface area (Å²) < 4.78 is 23.3. The van der Waals surface area contributed by atoms with E-state index in [4.69, 9.17) is 4.74 Å². The second-order valence-corrected chi connectivity index (χ2v) is 6.48. The van der Waals surface area contributed by atoms with Gasteiger partial charge < -0.3 is 9.30 Å². The molecule has 2 aromatic heterocycles. The normalized spacial score (nSPS) is 11.4. The van der Waals surface area contributed by atoms with E-state index < -0.39 is 11.2 Å².